The highest BCUT2D eigenvalue weighted by Gasteiger charge is 2.18. The minimum absolute atomic E-state index is 0.114. The SMILES string of the molecule is C=Cn1c(C)cc2cc(C(=O)c3cccc(Cl)c3Cl)sc21. The molecule has 0 radical (unpaired) electrons. The van der Waals surface area contributed by atoms with Gasteiger partial charge in [0, 0.05) is 22.8 Å². The van der Waals surface area contributed by atoms with Gasteiger partial charge in [-0.3, -0.25) is 4.79 Å². The summed E-state index contributed by atoms with van der Waals surface area (Å²) >= 11 is 13.5. The Balaban J connectivity index is 2.12. The lowest BCUT2D eigenvalue weighted by atomic mass is 10.1. The molecule has 0 saturated carbocycles. The molecule has 0 spiro atoms. The first-order valence-corrected chi connectivity index (χ1v) is 7.83. The third-order valence-corrected chi connectivity index (χ3v) is 5.27. The molecule has 0 aliphatic heterocycles. The first-order valence-electron chi connectivity index (χ1n) is 6.25. The maximum atomic E-state index is 12.6. The lowest BCUT2D eigenvalue weighted by molar-refractivity contribution is 0.104. The molecule has 0 N–H and O–H groups in total. The molecular formula is C16H11Cl2NOS. The summed E-state index contributed by atoms with van der Waals surface area (Å²) in [6.07, 6.45) is 1.74. The van der Waals surface area contributed by atoms with Crippen LogP contribution in [-0.4, -0.2) is 10.4 Å². The van der Waals surface area contributed by atoms with Crippen LogP contribution in [0.5, 0.6) is 0 Å². The van der Waals surface area contributed by atoms with E-state index in [1.807, 2.05) is 23.6 Å². The molecule has 0 saturated heterocycles. The van der Waals surface area contributed by atoms with Crippen molar-refractivity contribution in [1.29, 1.82) is 0 Å². The van der Waals surface area contributed by atoms with E-state index >= 15 is 0 Å². The second kappa shape index (κ2) is 5.34. The molecule has 0 atom stereocenters. The molecule has 3 rings (SSSR count). The fourth-order valence-electron chi connectivity index (χ4n) is 2.29. The van der Waals surface area contributed by atoms with Crippen LogP contribution in [0.4, 0.5) is 0 Å². The highest BCUT2D eigenvalue weighted by atomic mass is 35.5. The predicted molar refractivity (Wildman–Crippen MR) is 90.8 cm³/mol. The second-order valence-corrected chi connectivity index (χ2v) is 6.46. The van der Waals surface area contributed by atoms with Gasteiger partial charge in [0.25, 0.3) is 0 Å². The summed E-state index contributed by atoms with van der Waals surface area (Å²) in [6.45, 7) is 5.80. The van der Waals surface area contributed by atoms with Crippen molar-refractivity contribution in [3.05, 3.63) is 63.1 Å². The molecule has 106 valence electrons. The Kier molecular flexibility index (Phi) is 3.66. The summed E-state index contributed by atoms with van der Waals surface area (Å²) in [6, 6.07) is 8.99. The zero-order valence-electron chi connectivity index (χ0n) is 11.2. The lowest BCUT2D eigenvalue weighted by Gasteiger charge is -2.03. The Labute approximate surface area is 136 Å². The van der Waals surface area contributed by atoms with Crippen LogP contribution in [0.1, 0.15) is 20.9 Å². The van der Waals surface area contributed by atoms with Gasteiger partial charge in [-0.2, -0.15) is 0 Å². The first-order chi connectivity index (χ1) is 10.0. The zero-order valence-corrected chi connectivity index (χ0v) is 13.5. The number of nitrogens with zero attached hydrogens (tertiary/aromatic N) is 1. The van der Waals surface area contributed by atoms with E-state index in [1.54, 1.807) is 24.4 Å². The highest BCUT2D eigenvalue weighted by Crippen LogP contribution is 2.33. The molecule has 0 aliphatic rings. The molecule has 21 heavy (non-hydrogen) atoms. The number of carbonyl (C=O) groups excluding carboxylic acids is 1. The topological polar surface area (TPSA) is 22.0 Å². The largest absolute Gasteiger partial charge is 0.313 e. The zero-order chi connectivity index (χ0) is 15.1. The summed E-state index contributed by atoms with van der Waals surface area (Å²) in [4.78, 5) is 14.2. The van der Waals surface area contributed by atoms with Crippen LogP contribution in [0.15, 0.2) is 36.9 Å². The maximum Gasteiger partial charge on any atom is 0.204 e. The molecule has 1 aromatic carbocycles. The average Bonchev–Trinajstić information content (AvgIpc) is 2.97. The van der Waals surface area contributed by atoms with Gasteiger partial charge >= 0.3 is 0 Å². The van der Waals surface area contributed by atoms with E-state index in [-0.39, 0.29) is 5.78 Å². The van der Waals surface area contributed by atoms with E-state index in [4.69, 9.17) is 23.2 Å². The molecule has 0 amide bonds. The number of aromatic nitrogens is 1. The molecule has 0 aliphatic carbocycles. The minimum Gasteiger partial charge on any atom is -0.313 e. The van der Waals surface area contributed by atoms with Gasteiger partial charge in [-0.1, -0.05) is 35.8 Å². The van der Waals surface area contributed by atoms with Gasteiger partial charge in [0.2, 0.25) is 5.78 Å². The van der Waals surface area contributed by atoms with E-state index in [0.29, 0.717) is 20.5 Å². The molecule has 3 aromatic rings. The molecule has 2 aromatic heterocycles. The number of benzene rings is 1. The lowest BCUT2D eigenvalue weighted by Crippen LogP contribution is -1.99. The van der Waals surface area contributed by atoms with Crippen molar-refractivity contribution in [3.63, 3.8) is 0 Å². The number of rotatable bonds is 3. The van der Waals surface area contributed by atoms with Crippen LogP contribution in [0.2, 0.25) is 10.0 Å². The van der Waals surface area contributed by atoms with E-state index in [0.717, 1.165) is 15.9 Å². The van der Waals surface area contributed by atoms with Gasteiger partial charge < -0.3 is 4.57 Å². The molecule has 2 heterocycles. The number of ketones is 1. The van der Waals surface area contributed by atoms with E-state index in [2.05, 4.69) is 6.58 Å². The number of carbonyl (C=O) groups is 1. The third kappa shape index (κ3) is 2.31. The third-order valence-electron chi connectivity index (χ3n) is 3.31. The Morgan fingerprint density at radius 2 is 2.10 bits per heavy atom. The normalized spacial score (nSPS) is 11.0. The first kappa shape index (κ1) is 14.4. The van der Waals surface area contributed by atoms with E-state index in [9.17, 15) is 4.79 Å². The van der Waals surface area contributed by atoms with Gasteiger partial charge in [0.05, 0.1) is 14.9 Å². The quantitative estimate of drug-likeness (QED) is 0.567. The molecule has 0 bridgehead atoms. The molecule has 5 heteroatoms. The predicted octanol–water partition coefficient (Wildman–Crippen LogP) is 5.65. The Hall–Kier alpha value is -1.55. The average molecular weight is 336 g/mol. The number of aryl methyl sites for hydroxylation is 1. The van der Waals surface area contributed by atoms with Crippen LogP contribution in [0.25, 0.3) is 16.4 Å². The number of hydrogen-bond donors (Lipinski definition) is 0. The van der Waals surface area contributed by atoms with Gasteiger partial charge in [-0.05, 0) is 31.2 Å². The molecule has 2 nitrogen and oxygen atoms in total. The maximum absolute atomic E-state index is 12.6. The fraction of sp³-hybridized carbons (Fsp3) is 0.0625. The van der Waals surface area contributed by atoms with E-state index < -0.39 is 0 Å². The molecule has 0 fully saturated rings. The number of halogens is 2. The highest BCUT2D eigenvalue weighted by molar-refractivity contribution is 7.20. The summed E-state index contributed by atoms with van der Waals surface area (Å²) < 4.78 is 1.97. The number of thiophene rings is 1. The Bertz CT molecular complexity index is 876. The van der Waals surface area contributed by atoms with Crippen molar-refractivity contribution >= 4 is 56.7 Å². The van der Waals surface area contributed by atoms with Crippen LogP contribution in [0, 0.1) is 6.92 Å². The van der Waals surface area contributed by atoms with Crippen LogP contribution in [0.3, 0.4) is 0 Å². The fourth-order valence-corrected chi connectivity index (χ4v) is 3.83. The summed E-state index contributed by atoms with van der Waals surface area (Å²) in [5.74, 6) is -0.114. The number of fused-ring (bicyclic) bond motifs is 1. The van der Waals surface area contributed by atoms with Crippen LogP contribution < -0.4 is 0 Å². The monoisotopic (exact) mass is 335 g/mol. The van der Waals surface area contributed by atoms with Gasteiger partial charge in [0.15, 0.2) is 0 Å². The minimum atomic E-state index is -0.114. The van der Waals surface area contributed by atoms with Gasteiger partial charge in [0.1, 0.15) is 4.83 Å². The van der Waals surface area contributed by atoms with Crippen molar-refractivity contribution in [2.75, 3.05) is 0 Å². The van der Waals surface area contributed by atoms with E-state index in [1.165, 1.54) is 11.3 Å². The van der Waals surface area contributed by atoms with Crippen molar-refractivity contribution in [2.24, 2.45) is 0 Å². The second-order valence-electron chi connectivity index (χ2n) is 4.64. The van der Waals surface area contributed by atoms with Gasteiger partial charge in [-0.15, -0.1) is 11.3 Å². The summed E-state index contributed by atoms with van der Waals surface area (Å²) in [5, 5.41) is 1.71. The van der Waals surface area contributed by atoms with Crippen LogP contribution in [-0.2, 0) is 0 Å². The summed E-state index contributed by atoms with van der Waals surface area (Å²) in [5.41, 5.74) is 1.51. The van der Waals surface area contributed by atoms with Crippen molar-refractivity contribution in [2.45, 2.75) is 6.92 Å². The van der Waals surface area contributed by atoms with Crippen molar-refractivity contribution < 1.29 is 4.79 Å². The standard InChI is InChI=1S/C16H11Cl2NOS/c1-3-19-9(2)7-10-8-13(21-16(10)19)15(20)11-5-4-6-12(17)14(11)18/h3-8H,1H2,2H3. The smallest absolute Gasteiger partial charge is 0.204 e. The summed E-state index contributed by atoms with van der Waals surface area (Å²) in [7, 11) is 0. The Morgan fingerprint density at radius 3 is 2.81 bits per heavy atom. The van der Waals surface area contributed by atoms with Gasteiger partial charge in [-0.25, -0.2) is 0 Å². The molecule has 0 unspecified atom stereocenters. The number of hydrogen-bond acceptors (Lipinski definition) is 2. The van der Waals surface area contributed by atoms with Crippen molar-refractivity contribution in [1.82, 2.24) is 4.57 Å². The van der Waals surface area contributed by atoms with Crippen molar-refractivity contribution in [3.8, 4) is 0 Å². The molecular weight excluding hydrogens is 325 g/mol. The van der Waals surface area contributed by atoms with Crippen LogP contribution >= 0.6 is 34.5 Å². The Morgan fingerprint density at radius 1 is 1.33 bits per heavy atom.